The van der Waals surface area contributed by atoms with Crippen LogP contribution in [-0.4, -0.2) is 43.5 Å². The second-order valence-electron chi connectivity index (χ2n) is 6.97. The van der Waals surface area contributed by atoms with E-state index in [4.69, 9.17) is 10.5 Å². The van der Waals surface area contributed by atoms with Gasteiger partial charge in [-0.3, -0.25) is 4.68 Å². The summed E-state index contributed by atoms with van der Waals surface area (Å²) in [6, 6.07) is 0.198. The van der Waals surface area contributed by atoms with E-state index >= 15 is 0 Å². The van der Waals surface area contributed by atoms with E-state index in [1.54, 1.807) is 10.9 Å². The number of nitrogens with two attached hydrogens (primary N) is 1. The summed E-state index contributed by atoms with van der Waals surface area (Å²) in [6.07, 6.45) is 5.39. The van der Waals surface area contributed by atoms with Gasteiger partial charge in [0.1, 0.15) is 4.90 Å². The molecule has 3 N–H and O–H groups in total. The first-order chi connectivity index (χ1) is 10.8. The number of nitrogens with one attached hydrogen (secondary N) is 1. The third-order valence-electron chi connectivity index (χ3n) is 4.14. The number of sulfonamides is 1. The van der Waals surface area contributed by atoms with Gasteiger partial charge in [0, 0.05) is 31.5 Å². The van der Waals surface area contributed by atoms with Crippen LogP contribution in [0.1, 0.15) is 46.1 Å². The standard InChI is InChI=1S/C15H28N4O3S.ClH/c1-12(2)8-15(3,11-16)18-23(20,21)14-9-17-19(10-14)13-4-6-22-7-5-13;/h9-10,12-13,18H,4-8,11,16H2,1-3H3;1H. The molecule has 7 nitrogen and oxygen atoms in total. The maximum absolute atomic E-state index is 12.6. The summed E-state index contributed by atoms with van der Waals surface area (Å²) < 4.78 is 35.1. The molecule has 1 aromatic rings. The minimum atomic E-state index is -3.64. The maximum atomic E-state index is 12.6. The van der Waals surface area contributed by atoms with Gasteiger partial charge in [-0.15, -0.1) is 12.4 Å². The maximum Gasteiger partial charge on any atom is 0.244 e. The summed E-state index contributed by atoms with van der Waals surface area (Å²) in [5.41, 5.74) is 5.14. The molecule has 0 aliphatic carbocycles. The monoisotopic (exact) mass is 380 g/mol. The van der Waals surface area contributed by atoms with Crippen LogP contribution >= 0.6 is 12.4 Å². The van der Waals surface area contributed by atoms with Crippen LogP contribution in [0.25, 0.3) is 0 Å². The van der Waals surface area contributed by atoms with Gasteiger partial charge in [0.15, 0.2) is 0 Å². The van der Waals surface area contributed by atoms with Crippen LogP contribution in [-0.2, 0) is 14.8 Å². The zero-order chi connectivity index (χ0) is 17.1. The van der Waals surface area contributed by atoms with Crippen molar-refractivity contribution in [1.29, 1.82) is 0 Å². The van der Waals surface area contributed by atoms with E-state index in [-0.39, 0.29) is 29.9 Å². The second kappa shape index (κ2) is 8.62. The zero-order valence-corrected chi connectivity index (χ0v) is 16.2. The SMILES string of the molecule is CC(C)CC(C)(CN)NS(=O)(=O)c1cnn(C2CCOCC2)c1.Cl. The van der Waals surface area contributed by atoms with Crippen molar-refractivity contribution in [2.24, 2.45) is 11.7 Å². The molecule has 1 aliphatic heterocycles. The van der Waals surface area contributed by atoms with Crippen LogP contribution < -0.4 is 10.5 Å². The van der Waals surface area contributed by atoms with E-state index in [2.05, 4.69) is 9.82 Å². The highest BCUT2D eigenvalue weighted by Crippen LogP contribution is 2.23. The summed E-state index contributed by atoms with van der Waals surface area (Å²) in [6.45, 7) is 7.55. The number of halogens is 1. The van der Waals surface area contributed by atoms with Gasteiger partial charge in [0.25, 0.3) is 0 Å². The molecule has 0 radical (unpaired) electrons. The van der Waals surface area contributed by atoms with Gasteiger partial charge in [-0.05, 0) is 32.1 Å². The molecule has 0 spiro atoms. The predicted molar refractivity (Wildman–Crippen MR) is 95.8 cm³/mol. The molecule has 0 aromatic carbocycles. The van der Waals surface area contributed by atoms with Crippen molar-refractivity contribution >= 4 is 22.4 Å². The van der Waals surface area contributed by atoms with E-state index in [0.717, 1.165) is 12.8 Å². The Morgan fingerprint density at radius 2 is 2.08 bits per heavy atom. The molecule has 9 heteroatoms. The largest absolute Gasteiger partial charge is 0.381 e. The fraction of sp³-hybridized carbons (Fsp3) is 0.800. The Kier molecular flexibility index (Phi) is 7.68. The van der Waals surface area contributed by atoms with Crippen LogP contribution in [0.4, 0.5) is 0 Å². The van der Waals surface area contributed by atoms with Crippen LogP contribution in [0.5, 0.6) is 0 Å². The lowest BCUT2D eigenvalue weighted by molar-refractivity contribution is 0.0662. The summed E-state index contributed by atoms with van der Waals surface area (Å²) in [7, 11) is -3.64. The molecule has 1 atom stereocenters. The van der Waals surface area contributed by atoms with Gasteiger partial charge in [-0.1, -0.05) is 13.8 Å². The molecule has 0 bridgehead atoms. The Morgan fingerprint density at radius 3 is 2.62 bits per heavy atom. The third-order valence-corrected chi connectivity index (χ3v) is 5.74. The van der Waals surface area contributed by atoms with Gasteiger partial charge in [-0.2, -0.15) is 5.10 Å². The molecular formula is C15H29ClN4O3S. The molecule has 140 valence electrons. The summed E-state index contributed by atoms with van der Waals surface area (Å²) >= 11 is 0. The van der Waals surface area contributed by atoms with Crippen LogP contribution in [0.2, 0.25) is 0 Å². The molecule has 1 fully saturated rings. The molecule has 1 unspecified atom stereocenters. The highest BCUT2D eigenvalue weighted by molar-refractivity contribution is 7.89. The van der Waals surface area contributed by atoms with E-state index in [9.17, 15) is 8.42 Å². The number of rotatable bonds is 7. The van der Waals surface area contributed by atoms with E-state index in [1.165, 1.54) is 6.20 Å². The molecule has 2 rings (SSSR count). The Hall–Kier alpha value is -0.670. The van der Waals surface area contributed by atoms with Gasteiger partial charge in [0.2, 0.25) is 10.0 Å². The molecule has 1 saturated heterocycles. The highest BCUT2D eigenvalue weighted by atomic mass is 35.5. The summed E-state index contributed by atoms with van der Waals surface area (Å²) in [5, 5.41) is 4.23. The van der Waals surface area contributed by atoms with E-state index in [0.29, 0.717) is 25.6 Å². The van der Waals surface area contributed by atoms with Crippen LogP contribution in [0.3, 0.4) is 0 Å². The highest BCUT2D eigenvalue weighted by Gasteiger charge is 2.31. The van der Waals surface area contributed by atoms with E-state index in [1.807, 2.05) is 20.8 Å². The topological polar surface area (TPSA) is 99.2 Å². The lowest BCUT2D eigenvalue weighted by atomic mass is 9.92. The van der Waals surface area contributed by atoms with Crippen molar-refractivity contribution < 1.29 is 13.2 Å². The Balaban J connectivity index is 0.00000288. The summed E-state index contributed by atoms with van der Waals surface area (Å²) in [4.78, 5) is 0.187. The minimum Gasteiger partial charge on any atom is -0.381 e. The molecule has 24 heavy (non-hydrogen) atoms. The molecule has 1 aliphatic rings. The van der Waals surface area contributed by atoms with Gasteiger partial charge < -0.3 is 10.5 Å². The van der Waals surface area contributed by atoms with Crippen molar-refractivity contribution in [3.8, 4) is 0 Å². The average Bonchev–Trinajstić information content (AvgIpc) is 2.97. The average molecular weight is 381 g/mol. The van der Waals surface area contributed by atoms with Crippen molar-refractivity contribution in [1.82, 2.24) is 14.5 Å². The fourth-order valence-corrected chi connectivity index (χ4v) is 4.43. The third kappa shape index (κ3) is 5.42. The first-order valence-corrected chi connectivity index (χ1v) is 9.60. The number of ether oxygens (including phenoxy) is 1. The number of nitrogens with zero attached hydrogens (tertiary/aromatic N) is 2. The smallest absolute Gasteiger partial charge is 0.244 e. The quantitative estimate of drug-likeness (QED) is 0.749. The van der Waals surface area contributed by atoms with Crippen molar-refractivity contribution in [2.75, 3.05) is 19.8 Å². The molecule has 1 aromatic heterocycles. The number of aromatic nitrogens is 2. The fourth-order valence-electron chi connectivity index (χ4n) is 3.06. The van der Waals surface area contributed by atoms with Crippen molar-refractivity contribution in [2.45, 2.75) is 56.5 Å². The number of hydrogen-bond donors (Lipinski definition) is 2. The van der Waals surface area contributed by atoms with Crippen molar-refractivity contribution in [3.63, 3.8) is 0 Å². The lowest BCUT2D eigenvalue weighted by Gasteiger charge is -2.30. The first kappa shape index (κ1) is 21.4. The van der Waals surface area contributed by atoms with E-state index < -0.39 is 15.6 Å². The Labute approximate surface area is 150 Å². The van der Waals surface area contributed by atoms with Crippen LogP contribution in [0, 0.1) is 5.92 Å². The van der Waals surface area contributed by atoms with Gasteiger partial charge >= 0.3 is 0 Å². The minimum absolute atomic E-state index is 0. The molecule has 0 amide bonds. The van der Waals surface area contributed by atoms with Crippen LogP contribution in [0.15, 0.2) is 17.3 Å². The normalized spacial score (nSPS) is 19.0. The first-order valence-electron chi connectivity index (χ1n) is 8.12. The van der Waals surface area contributed by atoms with Crippen molar-refractivity contribution in [3.05, 3.63) is 12.4 Å². The predicted octanol–water partition coefficient (Wildman–Crippen LogP) is 1.70. The lowest BCUT2D eigenvalue weighted by Crippen LogP contribution is -2.51. The van der Waals surface area contributed by atoms with Gasteiger partial charge in [0.05, 0.1) is 12.2 Å². The summed E-state index contributed by atoms with van der Waals surface area (Å²) in [5.74, 6) is 0.344. The molecular weight excluding hydrogens is 352 g/mol. The molecule has 2 heterocycles. The zero-order valence-electron chi connectivity index (χ0n) is 14.6. The number of hydrogen-bond acceptors (Lipinski definition) is 5. The Bertz CT molecular complexity index is 614. The molecule has 0 saturated carbocycles. The van der Waals surface area contributed by atoms with Gasteiger partial charge in [-0.25, -0.2) is 13.1 Å². The Morgan fingerprint density at radius 1 is 1.46 bits per heavy atom. The second-order valence-corrected chi connectivity index (χ2v) is 8.65.